The van der Waals surface area contributed by atoms with Crippen molar-refractivity contribution in [1.29, 1.82) is 0 Å². The minimum absolute atomic E-state index is 0.735. The van der Waals surface area contributed by atoms with Gasteiger partial charge in [-0.2, -0.15) is 0 Å². The van der Waals surface area contributed by atoms with E-state index in [9.17, 15) is 0 Å². The van der Waals surface area contributed by atoms with Gasteiger partial charge in [0.15, 0.2) is 0 Å². The number of hydrogen-bond donors (Lipinski definition) is 1. The van der Waals surface area contributed by atoms with Crippen molar-refractivity contribution in [1.82, 2.24) is 15.3 Å². The Labute approximate surface area is 97.1 Å². The zero-order chi connectivity index (χ0) is 11.4. The summed E-state index contributed by atoms with van der Waals surface area (Å²) in [5.41, 5.74) is 1.16. The molecule has 1 aliphatic rings. The number of piperidine rings is 1. The molecule has 88 valence electrons. The van der Waals surface area contributed by atoms with Crippen molar-refractivity contribution >= 4 is 5.95 Å². The molecule has 0 radical (unpaired) electrons. The van der Waals surface area contributed by atoms with Crippen molar-refractivity contribution in [2.24, 2.45) is 5.92 Å². The maximum atomic E-state index is 4.55. The standard InChI is InChI=1S/C12H20N4/c1-16(2)12-14-7-5-11(15-12)8-10-4-3-6-13-9-10/h5,7,10,13H,3-4,6,8-9H2,1-2H3. The number of nitrogens with zero attached hydrogens (tertiary/aromatic N) is 3. The quantitative estimate of drug-likeness (QED) is 0.827. The molecular formula is C12H20N4. The first kappa shape index (κ1) is 11.3. The van der Waals surface area contributed by atoms with Crippen LogP contribution in [0.2, 0.25) is 0 Å². The van der Waals surface area contributed by atoms with Crippen molar-refractivity contribution in [3.05, 3.63) is 18.0 Å². The smallest absolute Gasteiger partial charge is 0.224 e. The van der Waals surface area contributed by atoms with Gasteiger partial charge in [0.25, 0.3) is 0 Å². The van der Waals surface area contributed by atoms with Crippen molar-refractivity contribution in [3.63, 3.8) is 0 Å². The van der Waals surface area contributed by atoms with E-state index in [-0.39, 0.29) is 0 Å². The molecule has 0 spiro atoms. The fourth-order valence-electron chi connectivity index (χ4n) is 2.11. The summed E-state index contributed by atoms with van der Waals surface area (Å²) >= 11 is 0. The summed E-state index contributed by atoms with van der Waals surface area (Å²) in [7, 11) is 3.95. The molecule has 1 aliphatic heterocycles. The summed E-state index contributed by atoms with van der Waals surface area (Å²) in [5.74, 6) is 1.54. The number of rotatable bonds is 3. The van der Waals surface area contributed by atoms with E-state index in [1.54, 1.807) is 0 Å². The molecule has 4 heteroatoms. The van der Waals surface area contributed by atoms with E-state index in [2.05, 4.69) is 15.3 Å². The molecule has 0 aromatic carbocycles. The minimum Gasteiger partial charge on any atom is -0.347 e. The van der Waals surface area contributed by atoms with Crippen LogP contribution in [0.1, 0.15) is 18.5 Å². The molecule has 4 nitrogen and oxygen atoms in total. The summed E-state index contributed by atoms with van der Waals surface area (Å²) in [6, 6.07) is 2.03. The fourth-order valence-corrected chi connectivity index (χ4v) is 2.11. The fraction of sp³-hybridized carbons (Fsp3) is 0.667. The molecule has 1 unspecified atom stereocenters. The zero-order valence-corrected chi connectivity index (χ0v) is 10.1. The Morgan fingerprint density at radius 2 is 2.38 bits per heavy atom. The molecule has 0 amide bonds. The molecule has 1 fully saturated rings. The Kier molecular flexibility index (Phi) is 3.72. The molecule has 1 saturated heterocycles. The highest BCUT2D eigenvalue weighted by atomic mass is 15.2. The second-order valence-corrected chi connectivity index (χ2v) is 4.66. The number of aromatic nitrogens is 2. The van der Waals surface area contributed by atoms with E-state index in [1.807, 2.05) is 31.3 Å². The maximum Gasteiger partial charge on any atom is 0.224 e. The minimum atomic E-state index is 0.735. The number of hydrogen-bond acceptors (Lipinski definition) is 4. The lowest BCUT2D eigenvalue weighted by Gasteiger charge is -2.22. The predicted octanol–water partition coefficient (Wildman–Crippen LogP) is 1.08. The molecule has 2 rings (SSSR count). The molecule has 0 bridgehead atoms. The van der Waals surface area contributed by atoms with Gasteiger partial charge in [-0.15, -0.1) is 0 Å². The van der Waals surface area contributed by atoms with Gasteiger partial charge in [-0.25, -0.2) is 9.97 Å². The Hall–Kier alpha value is -1.16. The summed E-state index contributed by atoms with van der Waals surface area (Å²) in [4.78, 5) is 10.7. The Morgan fingerprint density at radius 1 is 1.50 bits per heavy atom. The van der Waals surface area contributed by atoms with Crippen LogP contribution in [0.15, 0.2) is 12.3 Å². The van der Waals surface area contributed by atoms with E-state index in [4.69, 9.17) is 0 Å². The van der Waals surface area contributed by atoms with Gasteiger partial charge in [-0.1, -0.05) is 0 Å². The van der Waals surface area contributed by atoms with E-state index in [1.165, 1.54) is 19.4 Å². The molecule has 0 aliphatic carbocycles. The highest BCUT2D eigenvalue weighted by molar-refractivity contribution is 5.27. The third kappa shape index (κ3) is 2.92. The first-order chi connectivity index (χ1) is 7.75. The molecule has 0 saturated carbocycles. The molecule has 1 N–H and O–H groups in total. The molecule has 1 aromatic heterocycles. The molecule has 2 heterocycles. The van der Waals surface area contributed by atoms with Crippen LogP contribution in [-0.4, -0.2) is 37.2 Å². The van der Waals surface area contributed by atoms with Gasteiger partial charge in [0, 0.05) is 26.0 Å². The van der Waals surface area contributed by atoms with Gasteiger partial charge < -0.3 is 10.2 Å². The summed E-state index contributed by atoms with van der Waals surface area (Å²) in [6.07, 6.45) is 5.52. The number of nitrogens with one attached hydrogen (secondary N) is 1. The first-order valence-corrected chi connectivity index (χ1v) is 5.95. The summed E-state index contributed by atoms with van der Waals surface area (Å²) in [5, 5.41) is 3.44. The lowest BCUT2D eigenvalue weighted by molar-refractivity contribution is 0.373. The molecular weight excluding hydrogens is 200 g/mol. The lowest BCUT2D eigenvalue weighted by Crippen LogP contribution is -2.31. The highest BCUT2D eigenvalue weighted by Crippen LogP contribution is 2.15. The number of anilines is 1. The second kappa shape index (κ2) is 5.25. The third-order valence-corrected chi connectivity index (χ3v) is 3.00. The van der Waals surface area contributed by atoms with Crippen LogP contribution in [0.5, 0.6) is 0 Å². The zero-order valence-electron chi connectivity index (χ0n) is 10.1. The van der Waals surface area contributed by atoms with Gasteiger partial charge in [-0.3, -0.25) is 0 Å². The van der Waals surface area contributed by atoms with E-state index in [0.29, 0.717) is 0 Å². The normalized spacial score (nSPS) is 20.8. The van der Waals surface area contributed by atoms with Crippen LogP contribution < -0.4 is 10.2 Å². The van der Waals surface area contributed by atoms with Gasteiger partial charge in [-0.05, 0) is 44.3 Å². The van der Waals surface area contributed by atoms with Crippen molar-refractivity contribution in [2.45, 2.75) is 19.3 Å². The van der Waals surface area contributed by atoms with Gasteiger partial charge >= 0.3 is 0 Å². The van der Waals surface area contributed by atoms with Gasteiger partial charge in [0.2, 0.25) is 5.95 Å². The lowest BCUT2D eigenvalue weighted by atomic mass is 9.95. The van der Waals surface area contributed by atoms with Gasteiger partial charge in [0.1, 0.15) is 0 Å². The van der Waals surface area contributed by atoms with Crippen molar-refractivity contribution in [2.75, 3.05) is 32.1 Å². The third-order valence-electron chi connectivity index (χ3n) is 3.00. The Bertz CT molecular complexity index is 332. The average molecular weight is 220 g/mol. The van der Waals surface area contributed by atoms with E-state index < -0.39 is 0 Å². The Morgan fingerprint density at radius 3 is 3.06 bits per heavy atom. The summed E-state index contributed by atoms with van der Waals surface area (Å²) in [6.45, 7) is 2.30. The Balaban J connectivity index is 2.00. The van der Waals surface area contributed by atoms with Crippen LogP contribution >= 0.6 is 0 Å². The van der Waals surface area contributed by atoms with Gasteiger partial charge in [0.05, 0.1) is 0 Å². The summed E-state index contributed by atoms with van der Waals surface area (Å²) < 4.78 is 0. The molecule has 1 aromatic rings. The molecule has 1 atom stereocenters. The van der Waals surface area contributed by atoms with Crippen LogP contribution in [0.3, 0.4) is 0 Å². The topological polar surface area (TPSA) is 41.1 Å². The van der Waals surface area contributed by atoms with Crippen LogP contribution in [0.4, 0.5) is 5.95 Å². The van der Waals surface area contributed by atoms with Crippen LogP contribution in [-0.2, 0) is 6.42 Å². The van der Waals surface area contributed by atoms with Crippen molar-refractivity contribution in [3.8, 4) is 0 Å². The van der Waals surface area contributed by atoms with E-state index in [0.717, 1.165) is 30.5 Å². The average Bonchev–Trinajstić information content (AvgIpc) is 2.30. The van der Waals surface area contributed by atoms with Crippen LogP contribution in [0, 0.1) is 5.92 Å². The molecule has 16 heavy (non-hydrogen) atoms. The maximum absolute atomic E-state index is 4.55. The first-order valence-electron chi connectivity index (χ1n) is 5.95. The largest absolute Gasteiger partial charge is 0.347 e. The predicted molar refractivity (Wildman–Crippen MR) is 65.7 cm³/mol. The van der Waals surface area contributed by atoms with Crippen LogP contribution in [0.25, 0.3) is 0 Å². The SMILES string of the molecule is CN(C)c1nccc(CC2CCCNC2)n1. The van der Waals surface area contributed by atoms with Crippen molar-refractivity contribution < 1.29 is 0 Å². The second-order valence-electron chi connectivity index (χ2n) is 4.66. The highest BCUT2D eigenvalue weighted by Gasteiger charge is 2.14. The monoisotopic (exact) mass is 220 g/mol. The van der Waals surface area contributed by atoms with E-state index >= 15 is 0 Å².